The SMILES string of the molecule is C(OOOCC1CS1)C1CS1. The quantitative estimate of drug-likeness (QED) is 0.273. The number of hydrogen-bond acceptors (Lipinski definition) is 5. The largest absolute Gasteiger partial charge is 0.205 e. The van der Waals surface area contributed by atoms with Gasteiger partial charge in [-0.15, -0.1) is 0 Å². The van der Waals surface area contributed by atoms with E-state index in [9.17, 15) is 0 Å². The van der Waals surface area contributed by atoms with Crippen molar-refractivity contribution in [2.24, 2.45) is 0 Å². The molecule has 64 valence electrons. The van der Waals surface area contributed by atoms with Gasteiger partial charge in [-0.3, -0.25) is 0 Å². The average Bonchev–Trinajstić information content (AvgIpc) is 2.83. The molecular weight excluding hydrogens is 184 g/mol. The zero-order valence-electron chi connectivity index (χ0n) is 6.02. The Balaban J connectivity index is 1.35. The highest BCUT2D eigenvalue weighted by atomic mass is 32.2. The van der Waals surface area contributed by atoms with Crippen molar-refractivity contribution in [2.45, 2.75) is 10.5 Å². The molecule has 0 aromatic heterocycles. The minimum absolute atomic E-state index is 0.647. The summed E-state index contributed by atoms with van der Waals surface area (Å²) >= 11 is 3.76. The van der Waals surface area contributed by atoms with Crippen molar-refractivity contribution in [3.63, 3.8) is 0 Å². The van der Waals surface area contributed by atoms with E-state index in [-0.39, 0.29) is 0 Å². The van der Waals surface area contributed by atoms with E-state index in [1.54, 1.807) is 0 Å². The van der Waals surface area contributed by atoms with Crippen LogP contribution in [0.2, 0.25) is 0 Å². The van der Waals surface area contributed by atoms with Crippen LogP contribution in [0.25, 0.3) is 0 Å². The summed E-state index contributed by atoms with van der Waals surface area (Å²) in [7, 11) is 0. The fraction of sp³-hybridized carbons (Fsp3) is 1.00. The zero-order valence-corrected chi connectivity index (χ0v) is 7.66. The Kier molecular flexibility index (Phi) is 2.98. The van der Waals surface area contributed by atoms with Crippen LogP contribution in [0.4, 0.5) is 0 Å². The van der Waals surface area contributed by atoms with E-state index in [1.807, 2.05) is 23.5 Å². The van der Waals surface area contributed by atoms with Crippen molar-refractivity contribution in [1.29, 1.82) is 0 Å². The second kappa shape index (κ2) is 4.00. The van der Waals surface area contributed by atoms with Gasteiger partial charge in [-0.25, -0.2) is 9.78 Å². The maximum absolute atomic E-state index is 4.78. The molecule has 2 atom stereocenters. The molecule has 0 amide bonds. The average molecular weight is 194 g/mol. The lowest BCUT2D eigenvalue weighted by Crippen LogP contribution is -2.05. The first kappa shape index (κ1) is 8.19. The molecule has 0 aliphatic carbocycles. The van der Waals surface area contributed by atoms with E-state index < -0.39 is 0 Å². The van der Waals surface area contributed by atoms with Gasteiger partial charge in [0, 0.05) is 22.0 Å². The summed E-state index contributed by atoms with van der Waals surface area (Å²) in [5, 5.41) is 5.80. The van der Waals surface area contributed by atoms with Gasteiger partial charge in [0.25, 0.3) is 0 Å². The summed E-state index contributed by atoms with van der Waals surface area (Å²) in [6, 6.07) is 0. The minimum Gasteiger partial charge on any atom is -0.205 e. The molecule has 0 bridgehead atoms. The third-order valence-corrected chi connectivity index (χ3v) is 3.29. The molecule has 0 aromatic rings. The topological polar surface area (TPSA) is 27.7 Å². The Morgan fingerprint density at radius 1 is 1.00 bits per heavy atom. The first-order valence-electron chi connectivity index (χ1n) is 3.59. The predicted octanol–water partition coefficient (Wildman–Crippen LogP) is 1.10. The fourth-order valence-corrected chi connectivity index (χ4v) is 1.34. The Labute approximate surface area is 74.0 Å². The van der Waals surface area contributed by atoms with Crippen molar-refractivity contribution in [1.82, 2.24) is 0 Å². The van der Waals surface area contributed by atoms with E-state index in [2.05, 4.69) is 5.04 Å². The second-order valence-corrected chi connectivity index (χ2v) is 5.21. The van der Waals surface area contributed by atoms with Crippen LogP contribution >= 0.6 is 23.5 Å². The normalized spacial score (nSPS) is 33.8. The van der Waals surface area contributed by atoms with Crippen molar-refractivity contribution in [3.8, 4) is 0 Å². The van der Waals surface area contributed by atoms with E-state index >= 15 is 0 Å². The van der Waals surface area contributed by atoms with Crippen LogP contribution in [0.5, 0.6) is 0 Å². The van der Waals surface area contributed by atoms with Crippen LogP contribution < -0.4 is 0 Å². The molecule has 3 nitrogen and oxygen atoms in total. The summed E-state index contributed by atoms with van der Waals surface area (Å²) in [6.07, 6.45) is 0. The predicted molar refractivity (Wildman–Crippen MR) is 45.5 cm³/mol. The third-order valence-electron chi connectivity index (χ3n) is 1.41. The van der Waals surface area contributed by atoms with Crippen LogP contribution in [0.15, 0.2) is 0 Å². The molecule has 0 N–H and O–H groups in total. The molecule has 2 aliphatic heterocycles. The van der Waals surface area contributed by atoms with Gasteiger partial charge >= 0.3 is 0 Å². The van der Waals surface area contributed by atoms with Gasteiger partial charge in [0.2, 0.25) is 0 Å². The summed E-state index contributed by atoms with van der Waals surface area (Å²) in [5.41, 5.74) is 0. The molecule has 11 heavy (non-hydrogen) atoms. The molecule has 2 saturated heterocycles. The van der Waals surface area contributed by atoms with Crippen molar-refractivity contribution in [2.75, 3.05) is 24.7 Å². The number of thioether (sulfide) groups is 2. The summed E-state index contributed by atoms with van der Waals surface area (Å²) in [5.74, 6) is 2.39. The van der Waals surface area contributed by atoms with E-state index in [1.165, 1.54) is 11.5 Å². The van der Waals surface area contributed by atoms with Gasteiger partial charge < -0.3 is 0 Å². The number of rotatable bonds is 6. The Hall–Kier alpha value is 0.580. The lowest BCUT2D eigenvalue weighted by Gasteiger charge is -1.99. The molecule has 2 rings (SSSR count). The van der Waals surface area contributed by atoms with Crippen molar-refractivity contribution in [3.05, 3.63) is 0 Å². The Bertz CT molecular complexity index is 111. The highest BCUT2D eigenvalue weighted by molar-refractivity contribution is 8.07. The van der Waals surface area contributed by atoms with Crippen LogP contribution in [0.3, 0.4) is 0 Å². The summed E-state index contributed by atoms with van der Waals surface area (Å²) in [6.45, 7) is 1.31. The van der Waals surface area contributed by atoms with Gasteiger partial charge in [0.1, 0.15) is 0 Å². The molecule has 2 unspecified atom stereocenters. The lowest BCUT2D eigenvalue weighted by molar-refractivity contribution is -0.510. The first-order valence-corrected chi connectivity index (χ1v) is 5.69. The fourth-order valence-electron chi connectivity index (χ4n) is 0.570. The van der Waals surface area contributed by atoms with Gasteiger partial charge in [0.15, 0.2) is 0 Å². The van der Waals surface area contributed by atoms with Gasteiger partial charge in [-0.1, -0.05) is 5.04 Å². The first-order chi connectivity index (χ1) is 5.45. The van der Waals surface area contributed by atoms with Crippen LogP contribution in [0, 0.1) is 0 Å². The molecule has 2 aliphatic rings. The number of hydrogen-bond donors (Lipinski definition) is 0. The molecular formula is C6H10O3S2. The molecule has 5 heteroatoms. The van der Waals surface area contributed by atoms with E-state index in [0.717, 1.165) is 0 Å². The van der Waals surface area contributed by atoms with Crippen LogP contribution in [0.1, 0.15) is 0 Å². The van der Waals surface area contributed by atoms with Crippen molar-refractivity contribution < 1.29 is 14.8 Å². The molecule has 0 radical (unpaired) electrons. The Morgan fingerprint density at radius 2 is 1.45 bits per heavy atom. The van der Waals surface area contributed by atoms with Crippen LogP contribution in [-0.4, -0.2) is 35.2 Å². The zero-order chi connectivity index (χ0) is 7.52. The Morgan fingerprint density at radius 3 is 1.82 bits per heavy atom. The monoisotopic (exact) mass is 194 g/mol. The highest BCUT2D eigenvalue weighted by Crippen LogP contribution is 2.31. The maximum Gasteiger partial charge on any atom is 0.0980 e. The van der Waals surface area contributed by atoms with Gasteiger partial charge in [-0.05, 0) is 0 Å². The maximum atomic E-state index is 4.78. The smallest absolute Gasteiger partial charge is 0.0980 e. The van der Waals surface area contributed by atoms with E-state index in [4.69, 9.17) is 9.78 Å². The highest BCUT2D eigenvalue weighted by Gasteiger charge is 2.24. The van der Waals surface area contributed by atoms with Gasteiger partial charge in [0.05, 0.1) is 13.2 Å². The standard InChI is InChI=1S/C6H10O3S2/c1(5-3-10-5)7-9-8-2-6-4-11-6/h5-6H,1-4H2. The molecule has 0 aromatic carbocycles. The van der Waals surface area contributed by atoms with Crippen LogP contribution in [-0.2, 0) is 14.8 Å². The van der Waals surface area contributed by atoms with Crippen molar-refractivity contribution >= 4 is 23.5 Å². The molecule has 2 fully saturated rings. The summed E-state index contributed by atoms with van der Waals surface area (Å²) < 4.78 is 0. The third kappa shape index (κ3) is 3.66. The second-order valence-electron chi connectivity index (χ2n) is 2.55. The van der Waals surface area contributed by atoms with E-state index in [0.29, 0.717) is 23.7 Å². The molecule has 0 spiro atoms. The molecule has 2 heterocycles. The lowest BCUT2D eigenvalue weighted by atomic mass is 10.5. The minimum atomic E-state index is 0.647. The molecule has 0 saturated carbocycles. The summed E-state index contributed by atoms with van der Waals surface area (Å²) in [4.78, 5) is 9.57. The van der Waals surface area contributed by atoms with Gasteiger partial charge in [-0.2, -0.15) is 23.5 Å².